The number of rotatable bonds is 11. The summed E-state index contributed by atoms with van der Waals surface area (Å²) >= 11 is 0. The van der Waals surface area contributed by atoms with Crippen LogP contribution < -0.4 is 22.9 Å². The quantitative estimate of drug-likeness (QED) is 0.234. The topological polar surface area (TPSA) is 233 Å². The highest BCUT2D eigenvalue weighted by atomic mass is 16.6. The number of ketones is 2. The van der Waals surface area contributed by atoms with Crippen molar-refractivity contribution in [3.8, 4) is 0 Å². The van der Waals surface area contributed by atoms with Gasteiger partial charge in [0, 0.05) is 19.8 Å². The summed E-state index contributed by atoms with van der Waals surface area (Å²) < 4.78 is 0.929. The van der Waals surface area contributed by atoms with Gasteiger partial charge in [-0.1, -0.05) is 0 Å². The Morgan fingerprint density at radius 1 is 1.11 bits per heavy atom. The minimum Gasteiger partial charge on any atom is -0.370 e. The summed E-state index contributed by atoms with van der Waals surface area (Å²) in [5.41, 5.74) is 21.3. The lowest BCUT2D eigenvalue weighted by Crippen LogP contribution is -2.43. The standard InChI is InChI=1S/C14H21N7O6/c1-6-19-5-13(21(26)27)20(6)9(14(25)8(16)3-12(18)24)4-10(22)7(15)2-11(17)23/h5,7-9H,2-4,15-16H2,1H3,(H2,17,23)(H2,18,24)/t7-,8-,9?/m0/s1. The highest BCUT2D eigenvalue weighted by Gasteiger charge is 2.37. The largest absolute Gasteiger partial charge is 0.370 e. The number of nitrogens with zero attached hydrogens (tertiary/aromatic N) is 3. The SMILES string of the molecule is Cc1ncc([N+](=O)[O-])n1C(CC(=O)[C@@H](N)CC(N)=O)C(=O)[C@@H](N)CC(N)=O. The predicted octanol–water partition coefficient (Wildman–Crippen LogP) is -2.43. The molecule has 1 aromatic heterocycles. The molecule has 1 unspecified atom stereocenters. The molecule has 0 spiro atoms. The summed E-state index contributed by atoms with van der Waals surface area (Å²) in [5.74, 6) is -3.73. The van der Waals surface area contributed by atoms with Crippen molar-refractivity contribution in [3.63, 3.8) is 0 Å². The molecule has 8 N–H and O–H groups in total. The number of nitrogens with two attached hydrogens (primary N) is 4. The molecule has 3 atom stereocenters. The van der Waals surface area contributed by atoms with Gasteiger partial charge < -0.3 is 33.0 Å². The molecule has 0 saturated heterocycles. The highest BCUT2D eigenvalue weighted by Crippen LogP contribution is 2.26. The summed E-state index contributed by atoms with van der Waals surface area (Å²) in [5, 5.41) is 11.2. The summed E-state index contributed by atoms with van der Waals surface area (Å²) in [6.45, 7) is 1.39. The Bertz CT molecular complexity index is 774. The van der Waals surface area contributed by atoms with Crippen LogP contribution in [-0.2, 0) is 19.2 Å². The van der Waals surface area contributed by atoms with Gasteiger partial charge in [0.2, 0.25) is 11.8 Å². The molecular formula is C14H21N7O6. The van der Waals surface area contributed by atoms with E-state index < -0.39 is 71.5 Å². The monoisotopic (exact) mass is 383 g/mol. The van der Waals surface area contributed by atoms with E-state index in [1.807, 2.05) is 0 Å². The fraction of sp³-hybridized carbons (Fsp3) is 0.500. The zero-order valence-corrected chi connectivity index (χ0v) is 14.5. The van der Waals surface area contributed by atoms with Crippen molar-refractivity contribution < 1.29 is 24.1 Å². The van der Waals surface area contributed by atoms with Gasteiger partial charge in [0.1, 0.15) is 6.20 Å². The number of aryl methyl sites for hydroxylation is 1. The summed E-state index contributed by atoms with van der Waals surface area (Å²) in [7, 11) is 0. The lowest BCUT2D eigenvalue weighted by atomic mass is 9.95. The first-order valence-electron chi connectivity index (χ1n) is 7.78. The molecule has 2 amide bonds. The molecule has 0 radical (unpaired) electrons. The van der Waals surface area contributed by atoms with Crippen molar-refractivity contribution >= 4 is 29.2 Å². The third kappa shape index (κ3) is 5.65. The maximum atomic E-state index is 12.7. The van der Waals surface area contributed by atoms with Gasteiger partial charge in [-0.15, -0.1) is 0 Å². The van der Waals surface area contributed by atoms with Crippen LogP contribution in [0.5, 0.6) is 0 Å². The van der Waals surface area contributed by atoms with Crippen molar-refractivity contribution in [2.45, 2.75) is 44.3 Å². The molecule has 13 nitrogen and oxygen atoms in total. The van der Waals surface area contributed by atoms with E-state index in [1.165, 1.54) is 6.92 Å². The highest BCUT2D eigenvalue weighted by molar-refractivity contribution is 5.97. The maximum Gasteiger partial charge on any atom is 0.343 e. The zero-order chi connectivity index (χ0) is 20.9. The van der Waals surface area contributed by atoms with Gasteiger partial charge in [0.15, 0.2) is 23.4 Å². The molecule has 0 aromatic carbocycles. The van der Waals surface area contributed by atoms with E-state index in [0.29, 0.717) is 0 Å². The molecule has 0 aliphatic carbocycles. The number of carbonyl (C=O) groups excluding carboxylic acids is 4. The lowest BCUT2D eigenvalue weighted by molar-refractivity contribution is -0.392. The molecule has 0 saturated carbocycles. The molecule has 148 valence electrons. The van der Waals surface area contributed by atoms with Crippen LogP contribution >= 0.6 is 0 Å². The Labute approximate surface area is 153 Å². The average molecular weight is 383 g/mol. The van der Waals surface area contributed by atoms with Gasteiger partial charge in [-0.3, -0.25) is 19.2 Å². The normalized spacial score (nSPS) is 14.2. The number of imidazole rings is 1. The van der Waals surface area contributed by atoms with Crippen LogP contribution in [-0.4, -0.2) is 49.9 Å². The number of Topliss-reactive ketones (excluding diaryl/α,β-unsaturated/α-hetero) is 2. The molecule has 1 aromatic rings. The van der Waals surface area contributed by atoms with Gasteiger partial charge in [-0.2, -0.15) is 4.57 Å². The first-order chi connectivity index (χ1) is 12.5. The third-order valence-corrected chi connectivity index (χ3v) is 3.81. The average Bonchev–Trinajstić information content (AvgIpc) is 2.92. The van der Waals surface area contributed by atoms with Crippen molar-refractivity contribution in [3.05, 3.63) is 22.1 Å². The molecule has 0 fully saturated rings. The van der Waals surface area contributed by atoms with E-state index in [1.54, 1.807) is 0 Å². The Hall–Kier alpha value is -3.19. The van der Waals surface area contributed by atoms with E-state index in [2.05, 4.69) is 4.98 Å². The molecular weight excluding hydrogens is 362 g/mol. The van der Waals surface area contributed by atoms with Gasteiger partial charge in [-0.05, 0) is 4.92 Å². The predicted molar refractivity (Wildman–Crippen MR) is 90.9 cm³/mol. The van der Waals surface area contributed by atoms with Crippen LogP contribution in [0.15, 0.2) is 6.20 Å². The third-order valence-electron chi connectivity index (χ3n) is 3.81. The first kappa shape index (κ1) is 21.9. The van der Waals surface area contributed by atoms with E-state index in [4.69, 9.17) is 22.9 Å². The van der Waals surface area contributed by atoms with E-state index in [0.717, 1.165) is 10.8 Å². The maximum absolute atomic E-state index is 12.7. The number of hydrogen-bond donors (Lipinski definition) is 4. The van der Waals surface area contributed by atoms with Gasteiger partial charge >= 0.3 is 5.82 Å². The number of aromatic nitrogens is 2. The molecule has 27 heavy (non-hydrogen) atoms. The second kappa shape index (κ2) is 8.95. The summed E-state index contributed by atoms with van der Waals surface area (Å²) in [6, 6.07) is -4.14. The second-order valence-electron chi connectivity index (χ2n) is 5.93. The summed E-state index contributed by atoms with van der Waals surface area (Å²) in [4.78, 5) is 61.2. The Balaban J connectivity index is 3.29. The Morgan fingerprint density at radius 3 is 2.11 bits per heavy atom. The van der Waals surface area contributed by atoms with Crippen molar-refractivity contribution in [2.75, 3.05) is 0 Å². The van der Waals surface area contributed by atoms with Crippen LogP contribution in [0, 0.1) is 17.0 Å². The number of amides is 2. The minimum absolute atomic E-state index is 0.0718. The van der Waals surface area contributed by atoms with Gasteiger partial charge in [0.05, 0.1) is 18.5 Å². The van der Waals surface area contributed by atoms with Crippen molar-refractivity contribution in [1.29, 1.82) is 0 Å². The van der Waals surface area contributed by atoms with E-state index >= 15 is 0 Å². The molecule has 13 heteroatoms. The minimum atomic E-state index is -1.45. The number of nitro groups is 1. The fourth-order valence-electron chi connectivity index (χ4n) is 2.52. The Morgan fingerprint density at radius 2 is 1.63 bits per heavy atom. The smallest absolute Gasteiger partial charge is 0.343 e. The molecule has 1 heterocycles. The number of hydrogen-bond acceptors (Lipinski definition) is 9. The molecule has 1 rings (SSSR count). The van der Waals surface area contributed by atoms with Crippen LogP contribution in [0.1, 0.15) is 31.1 Å². The van der Waals surface area contributed by atoms with Crippen LogP contribution in [0.2, 0.25) is 0 Å². The van der Waals surface area contributed by atoms with E-state index in [-0.39, 0.29) is 5.82 Å². The fourth-order valence-corrected chi connectivity index (χ4v) is 2.52. The first-order valence-corrected chi connectivity index (χ1v) is 7.78. The summed E-state index contributed by atoms with van der Waals surface area (Å²) in [6.07, 6.45) is -0.655. The van der Waals surface area contributed by atoms with Crippen molar-refractivity contribution in [2.24, 2.45) is 22.9 Å². The number of primary amides is 2. The lowest BCUT2D eigenvalue weighted by Gasteiger charge is -2.19. The second-order valence-corrected chi connectivity index (χ2v) is 5.93. The van der Waals surface area contributed by atoms with Crippen LogP contribution in [0.4, 0.5) is 5.82 Å². The molecule has 0 aliphatic rings. The van der Waals surface area contributed by atoms with Crippen LogP contribution in [0.25, 0.3) is 0 Å². The van der Waals surface area contributed by atoms with Crippen molar-refractivity contribution in [1.82, 2.24) is 9.55 Å². The number of carbonyl (C=O) groups is 4. The van der Waals surface area contributed by atoms with E-state index in [9.17, 15) is 29.3 Å². The van der Waals surface area contributed by atoms with Crippen LogP contribution in [0.3, 0.4) is 0 Å². The van der Waals surface area contributed by atoms with Gasteiger partial charge in [0.25, 0.3) is 0 Å². The zero-order valence-electron chi connectivity index (χ0n) is 14.5. The molecule has 0 aliphatic heterocycles. The molecule has 0 bridgehead atoms. The van der Waals surface area contributed by atoms with Gasteiger partial charge in [-0.25, -0.2) is 4.98 Å². The Kier molecular flexibility index (Phi) is 7.25.